The van der Waals surface area contributed by atoms with Crippen LogP contribution in [-0.2, 0) is 31.1 Å². The van der Waals surface area contributed by atoms with E-state index in [4.69, 9.17) is 4.74 Å². The van der Waals surface area contributed by atoms with Crippen LogP contribution in [0.2, 0.25) is 0 Å². The van der Waals surface area contributed by atoms with Crippen molar-refractivity contribution in [1.29, 1.82) is 0 Å². The minimum absolute atomic E-state index is 0.271. The lowest BCUT2D eigenvalue weighted by Gasteiger charge is -2.30. The summed E-state index contributed by atoms with van der Waals surface area (Å²) >= 11 is 1.42. The van der Waals surface area contributed by atoms with Gasteiger partial charge in [0.25, 0.3) is 11.6 Å². The Bertz CT molecular complexity index is 885. The van der Waals surface area contributed by atoms with Crippen LogP contribution in [0.3, 0.4) is 0 Å². The lowest BCUT2D eigenvalue weighted by molar-refractivity contribution is -0.119. The van der Waals surface area contributed by atoms with Crippen LogP contribution in [0.15, 0.2) is 6.20 Å². The number of halogens is 2. The van der Waals surface area contributed by atoms with Gasteiger partial charge in [0, 0.05) is 37.9 Å². The van der Waals surface area contributed by atoms with E-state index in [9.17, 15) is 13.6 Å². The highest BCUT2D eigenvalue weighted by atomic mass is 32.1. The highest BCUT2D eigenvalue weighted by Crippen LogP contribution is 2.33. The fraction of sp³-hybridized carbons (Fsp3) is 0.739. The van der Waals surface area contributed by atoms with Gasteiger partial charge in [-0.1, -0.05) is 24.2 Å². The van der Waals surface area contributed by atoms with Crippen LogP contribution in [-0.4, -0.2) is 63.3 Å². The molecule has 33 heavy (non-hydrogen) atoms. The summed E-state index contributed by atoms with van der Waals surface area (Å²) < 4.78 is 29.8. The van der Waals surface area contributed by atoms with E-state index in [0.717, 1.165) is 62.6 Å². The van der Waals surface area contributed by atoms with Crippen molar-refractivity contribution in [2.45, 2.75) is 64.2 Å². The van der Waals surface area contributed by atoms with E-state index in [1.165, 1.54) is 40.3 Å². The van der Waals surface area contributed by atoms with E-state index in [0.29, 0.717) is 24.0 Å². The zero-order chi connectivity index (χ0) is 23.2. The molecule has 1 aliphatic carbocycles. The molecule has 2 aliphatic rings. The summed E-state index contributed by atoms with van der Waals surface area (Å²) in [5.74, 6) is 1.51. The van der Waals surface area contributed by atoms with E-state index in [-0.39, 0.29) is 5.78 Å². The largest absolute Gasteiger partial charge is 0.464 e. The number of carbonyl (C=O) groups is 1. The lowest BCUT2D eigenvalue weighted by atomic mass is 9.78. The molecule has 2 aromatic heterocycles. The summed E-state index contributed by atoms with van der Waals surface area (Å²) in [6, 6.07) is 0. The molecule has 0 radical (unpaired) electrons. The van der Waals surface area contributed by atoms with Gasteiger partial charge in [-0.2, -0.15) is 15.0 Å². The number of Topliss-reactive ketones (excluding diaryl/α,β-unsaturated/α-hetero) is 1. The molecule has 0 amide bonds. The lowest BCUT2D eigenvalue weighted by Crippen LogP contribution is -2.30. The van der Waals surface area contributed by atoms with Crippen LogP contribution in [0.4, 0.5) is 8.78 Å². The predicted molar refractivity (Wildman–Crippen MR) is 122 cm³/mol. The first-order valence-corrected chi connectivity index (χ1v) is 12.7. The average Bonchev–Trinajstić information content (AvgIpc) is 3.32. The van der Waals surface area contributed by atoms with Gasteiger partial charge in [-0.15, -0.1) is 0 Å². The molecule has 0 spiro atoms. The molecule has 10 heteroatoms. The van der Waals surface area contributed by atoms with E-state index >= 15 is 0 Å². The smallest absolute Gasteiger partial charge is 0.273 e. The number of alkyl halides is 2. The van der Waals surface area contributed by atoms with Crippen LogP contribution in [0, 0.1) is 11.8 Å². The Labute approximate surface area is 197 Å². The van der Waals surface area contributed by atoms with Crippen LogP contribution in [0.5, 0.6) is 5.19 Å². The summed E-state index contributed by atoms with van der Waals surface area (Å²) in [7, 11) is 1.77. The van der Waals surface area contributed by atoms with Crippen molar-refractivity contribution >= 4 is 17.1 Å². The summed E-state index contributed by atoms with van der Waals surface area (Å²) in [5.41, 5.74) is 1.77. The molecule has 0 aromatic carbocycles. The molecule has 1 saturated carbocycles. The fourth-order valence-corrected chi connectivity index (χ4v) is 5.91. The molecule has 3 heterocycles. The molecular formula is C23H33F2N5O2S. The van der Waals surface area contributed by atoms with Gasteiger partial charge in [0.05, 0.1) is 24.0 Å². The van der Waals surface area contributed by atoms with Gasteiger partial charge in [0.1, 0.15) is 5.78 Å². The Morgan fingerprint density at radius 1 is 1.21 bits per heavy atom. The zero-order valence-electron chi connectivity index (χ0n) is 19.2. The summed E-state index contributed by atoms with van der Waals surface area (Å²) in [5, 5.41) is 8.61. The number of ether oxygens (including phenoxy) is 1. The number of ketones is 1. The normalized spacial score (nSPS) is 21.7. The second-order valence-corrected chi connectivity index (χ2v) is 10.4. The predicted octanol–water partition coefficient (Wildman–Crippen LogP) is 3.71. The number of carbonyl (C=O) groups excluding carboxylic acids is 1. The second kappa shape index (κ2) is 11.5. The van der Waals surface area contributed by atoms with Gasteiger partial charge < -0.3 is 9.64 Å². The van der Waals surface area contributed by atoms with Crippen LogP contribution < -0.4 is 4.74 Å². The van der Waals surface area contributed by atoms with Crippen molar-refractivity contribution in [1.82, 2.24) is 24.9 Å². The van der Waals surface area contributed by atoms with Crippen molar-refractivity contribution in [3.63, 3.8) is 0 Å². The molecule has 1 aliphatic heterocycles. The second-order valence-electron chi connectivity index (χ2n) is 9.31. The van der Waals surface area contributed by atoms with Crippen molar-refractivity contribution in [2.24, 2.45) is 18.9 Å². The zero-order valence-corrected chi connectivity index (χ0v) is 20.0. The Balaban J connectivity index is 1.13. The first kappa shape index (κ1) is 24.2. The van der Waals surface area contributed by atoms with E-state index in [1.54, 1.807) is 13.2 Å². The molecule has 0 bridgehead atoms. The van der Waals surface area contributed by atoms with Gasteiger partial charge in [0.2, 0.25) is 0 Å². The number of fused-ring (bicyclic) bond motifs is 1. The topological polar surface area (TPSA) is 73.1 Å². The number of aryl methyl sites for hydroxylation is 1. The standard InChI is InChI=1S/C23H33F2N5O2S/c1-29-26-14-18(28-29)13-19(31)12-17-4-2-16(3-5-17)6-9-30-10-7-20-21(8-11-30)33-23(27-20)32-15-22(24)25/h14,16-17,22H,2-13,15H2,1H3. The van der Waals surface area contributed by atoms with Gasteiger partial charge in [-0.3, -0.25) is 4.79 Å². The molecule has 1 fully saturated rings. The first-order chi connectivity index (χ1) is 15.9. The quantitative estimate of drug-likeness (QED) is 0.515. The van der Waals surface area contributed by atoms with Crippen LogP contribution in [0.25, 0.3) is 0 Å². The SMILES string of the molecule is Cn1ncc(CC(=O)CC2CCC(CCN3CCc4nc(OCC(F)F)sc4CC3)CC2)n1. The minimum atomic E-state index is -2.47. The Morgan fingerprint density at radius 2 is 1.97 bits per heavy atom. The highest BCUT2D eigenvalue weighted by molar-refractivity contribution is 7.13. The van der Waals surface area contributed by atoms with E-state index in [1.807, 2.05) is 0 Å². The number of aromatic nitrogens is 4. The molecule has 0 unspecified atom stereocenters. The number of hydrogen-bond acceptors (Lipinski definition) is 7. The third kappa shape index (κ3) is 7.27. The summed E-state index contributed by atoms with van der Waals surface area (Å²) in [6.07, 6.45) is 7.90. The molecule has 0 saturated heterocycles. The monoisotopic (exact) mass is 481 g/mol. The number of hydrogen-bond donors (Lipinski definition) is 0. The Kier molecular flexibility index (Phi) is 8.40. The number of nitrogens with zero attached hydrogens (tertiary/aromatic N) is 5. The van der Waals surface area contributed by atoms with Crippen molar-refractivity contribution in [2.75, 3.05) is 26.2 Å². The van der Waals surface area contributed by atoms with Crippen molar-refractivity contribution in [3.8, 4) is 5.19 Å². The van der Waals surface area contributed by atoms with Crippen LogP contribution in [0.1, 0.15) is 54.8 Å². The summed E-state index contributed by atoms with van der Waals surface area (Å²) in [6.45, 7) is 2.44. The molecule has 2 aromatic rings. The van der Waals surface area contributed by atoms with Gasteiger partial charge in [0.15, 0.2) is 6.61 Å². The third-order valence-corrected chi connectivity index (χ3v) is 7.84. The third-order valence-electron chi connectivity index (χ3n) is 6.77. The minimum Gasteiger partial charge on any atom is -0.464 e. The maximum absolute atomic E-state index is 12.4. The number of thiazole rings is 1. The maximum Gasteiger partial charge on any atom is 0.273 e. The van der Waals surface area contributed by atoms with Crippen molar-refractivity contribution in [3.05, 3.63) is 22.5 Å². The Hall–Kier alpha value is -1.94. The maximum atomic E-state index is 12.4. The van der Waals surface area contributed by atoms with Gasteiger partial charge in [-0.05, 0) is 44.1 Å². The number of rotatable bonds is 10. The fourth-order valence-electron chi connectivity index (χ4n) is 4.96. The molecule has 7 nitrogen and oxygen atoms in total. The molecule has 0 atom stereocenters. The van der Waals surface area contributed by atoms with Gasteiger partial charge in [-0.25, -0.2) is 13.8 Å². The Morgan fingerprint density at radius 3 is 2.70 bits per heavy atom. The first-order valence-electron chi connectivity index (χ1n) is 11.9. The van der Waals surface area contributed by atoms with E-state index < -0.39 is 13.0 Å². The van der Waals surface area contributed by atoms with E-state index in [2.05, 4.69) is 20.1 Å². The summed E-state index contributed by atoms with van der Waals surface area (Å²) in [4.78, 5) is 22.0. The molecule has 4 rings (SSSR count). The average molecular weight is 482 g/mol. The van der Waals surface area contributed by atoms with Crippen molar-refractivity contribution < 1.29 is 18.3 Å². The molecule has 182 valence electrons. The molecular weight excluding hydrogens is 448 g/mol. The highest BCUT2D eigenvalue weighted by Gasteiger charge is 2.25. The molecule has 0 N–H and O–H groups in total. The van der Waals surface area contributed by atoms with Crippen LogP contribution >= 0.6 is 11.3 Å². The van der Waals surface area contributed by atoms with Gasteiger partial charge >= 0.3 is 0 Å².